The fourth-order valence-electron chi connectivity index (χ4n) is 2.83. The number of hydrogen-bond acceptors (Lipinski definition) is 4. The summed E-state index contributed by atoms with van der Waals surface area (Å²) in [5.41, 5.74) is -4.78. The van der Waals surface area contributed by atoms with Gasteiger partial charge in [-0.05, 0) is 12.5 Å². The molecule has 0 unspecified atom stereocenters. The topological polar surface area (TPSA) is 57.0 Å². The molecule has 0 aliphatic heterocycles. The van der Waals surface area contributed by atoms with Gasteiger partial charge in [0.25, 0.3) is 0 Å². The van der Waals surface area contributed by atoms with Crippen molar-refractivity contribution in [2.24, 2.45) is 0 Å². The van der Waals surface area contributed by atoms with E-state index >= 15 is 0 Å². The van der Waals surface area contributed by atoms with Gasteiger partial charge in [-0.2, -0.15) is 75.8 Å². The summed E-state index contributed by atoms with van der Waals surface area (Å²) in [4.78, 5) is 11.9. The van der Waals surface area contributed by atoms with Gasteiger partial charge in [0, 0.05) is 0 Å². The lowest BCUT2D eigenvalue weighted by atomic mass is 9.89. The number of carbonyl (C=O) groups is 1. The zero-order valence-corrected chi connectivity index (χ0v) is 18.6. The van der Waals surface area contributed by atoms with Gasteiger partial charge in [0.05, 0.1) is 13.2 Å². The third kappa shape index (κ3) is 4.85. The molecule has 0 saturated carbocycles. The largest absolute Gasteiger partial charge is 0.461 e. The number of rotatable bonds is 10. The lowest BCUT2D eigenvalue weighted by molar-refractivity contribution is -0.454. The molecule has 39 heavy (non-hydrogen) atoms. The van der Waals surface area contributed by atoms with Gasteiger partial charge in [-0.25, -0.2) is 4.79 Å². The Hall–Kier alpha value is -3.22. The number of carbonyl (C=O) groups excluding carboxylic acids is 1. The Balaban J connectivity index is 2.71. The molecule has 0 fully saturated rings. The Bertz CT molecular complexity index is 1180. The van der Waals surface area contributed by atoms with Crippen molar-refractivity contribution in [3.63, 3.8) is 0 Å². The number of halogens is 15. The zero-order valence-electron chi connectivity index (χ0n) is 18.6. The molecule has 1 heterocycles. The number of benzene rings is 1. The number of alkyl halides is 15. The first-order valence-corrected chi connectivity index (χ1v) is 9.92. The number of esters is 1. The molecule has 220 valence electrons. The van der Waals surface area contributed by atoms with Gasteiger partial charge in [0.15, 0.2) is 11.4 Å². The molecule has 2 rings (SSSR count). The Kier molecular flexibility index (Phi) is 8.00. The summed E-state index contributed by atoms with van der Waals surface area (Å²) in [6, 6.07) is 6.61. The summed E-state index contributed by atoms with van der Waals surface area (Å²) in [6.45, 7) is -0.438. The smallest absolute Gasteiger partial charge is 0.460 e. The molecule has 20 heteroatoms. The summed E-state index contributed by atoms with van der Waals surface area (Å²) < 4.78 is 208. The highest BCUT2D eigenvalue weighted by Gasteiger charge is 2.93. The average Bonchev–Trinajstić information content (AvgIpc) is 3.23. The maximum atomic E-state index is 14.8. The Labute approximate surface area is 206 Å². The molecule has 5 nitrogen and oxygen atoms in total. The molecule has 0 radical (unpaired) electrons. The molecule has 2 aromatic rings. The van der Waals surface area contributed by atoms with Crippen LogP contribution in [0.3, 0.4) is 0 Å². The van der Waals surface area contributed by atoms with E-state index in [0.717, 1.165) is 6.92 Å². The summed E-state index contributed by atoms with van der Waals surface area (Å²) in [5, 5.41) is 5.71. The van der Waals surface area contributed by atoms with Crippen molar-refractivity contribution in [3.8, 4) is 0 Å². The van der Waals surface area contributed by atoms with Crippen molar-refractivity contribution in [1.82, 2.24) is 15.0 Å². The molecule has 0 bridgehead atoms. The minimum absolute atomic E-state index is 0.0103. The highest BCUT2D eigenvalue weighted by atomic mass is 19.4. The van der Waals surface area contributed by atoms with Crippen LogP contribution < -0.4 is 0 Å². The zero-order chi connectivity index (χ0) is 30.5. The third-order valence-electron chi connectivity index (χ3n) is 4.92. The van der Waals surface area contributed by atoms with Crippen molar-refractivity contribution in [2.45, 2.75) is 55.2 Å². The number of aromatic nitrogens is 3. The van der Waals surface area contributed by atoms with Crippen LogP contribution in [0.1, 0.15) is 28.7 Å². The highest BCUT2D eigenvalue weighted by Crippen LogP contribution is 2.63. The summed E-state index contributed by atoms with van der Waals surface area (Å²) >= 11 is 0. The van der Waals surface area contributed by atoms with Crippen molar-refractivity contribution in [2.75, 3.05) is 6.61 Å². The summed E-state index contributed by atoms with van der Waals surface area (Å²) in [7, 11) is 0. The summed E-state index contributed by atoms with van der Waals surface area (Å²) in [6.07, 6.45) is -7.72. The van der Waals surface area contributed by atoms with E-state index in [1.807, 2.05) is 0 Å². The van der Waals surface area contributed by atoms with Gasteiger partial charge in [0.2, 0.25) is 0 Å². The lowest BCUT2D eigenvalue weighted by Crippen LogP contribution is -2.72. The van der Waals surface area contributed by atoms with Gasteiger partial charge in [0.1, 0.15) is 0 Å². The Morgan fingerprint density at radius 2 is 1.18 bits per heavy atom. The molecule has 1 aromatic carbocycles. The van der Waals surface area contributed by atoms with Crippen LogP contribution in [-0.4, -0.2) is 63.4 Å². The molecular weight excluding hydrogens is 587 g/mol. The van der Waals surface area contributed by atoms with Crippen LogP contribution in [0.2, 0.25) is 0 Å². The van der Waals surface area contributed by atoms with Crippen LogP contribution in [0.4, 0.5) is 65.9 Å². The van der Waals surface area contributed by atoms with E-state index in [1.165, 1.54) is 30.3 Å². The van der Waals surface area contributed by atoms with E-state index in [4.69, 9.17) is 0 Å². The molecule has 0 atom stereocenters. The van der Waals surface area contributed by atoms with Crippen molar-refractivity contribution < 1.29 is 75.4 Å². The van der Waals surface area contributed by atoms with Gasteiger partial charge in [-0.15, -0.1) is 5.10 Å². The van der Waals surface area contributed by atoms with Gasteiger partial charge in [-0.3, -0.25) is 0 Å². The molecule has 0 amide bonds. The maximum Gasteiger partial charge on any atom is 0.460 e. The molecular formula is C19H12F15N3O2. The van der Waals surface area contributed by atoms with E-state index in [-0.39, 0.29) is 10.4 Å². The van der Waals surface area contributed by atoms with Gasteiger partial charge < -0.3 is 4.74 Å². The average molecular weight is 599 g/mol. The summed E-state index contributed by atoms with van der Waals surface area (Å²) in [5.74, 6) is -50.2. The molecule has 0 saturated heterocycles. The molecule has 1 aromatic heterocycles. The SMILES string of the molecule is CCOC(=O)c1nn(Cc2ccccc2)nc1C(F)(F)C(F)(F)C(F)(F)C(F)(F)C(F)(F)C(F)(F)C(F)(F)F. The number of nitrogens with zero attached hydrogens (tertiary/aromatic N) is 3. The van der Waals surface area contributed by atoms with Crippen LogP contribution in [0.15, 0.2) is 30.3 Å². The minimum Gasteiger partial charge on any atom is -0.461 e. The first kappa shape index (κ1) is 32.0. The Morgan fingerprint density at radius 3 is 1.64 bits per heavy atom. The molecule has 0 N–H and O–H groups in total. The van der Waals surface area contributed by atoms with E-state index in [2.05, 4.69) is 14.9 Å². The van der Waals surface area contributed by atoms with Crippen LogP contribution in [0.25, 0.3) is 0 Å². The first-order valence-electron chi connectivity index (χ1n) is 9.92. The number of hydrogen-bond donors (Lipinski definition) is 0. The normalized spacial score (nSPS) is 14.5. The molecule has 0 spiro atoms. The number of ether oxygens (including phenoxy) is 1. The van der Waals surface area contributed by atoms with Gasteiger partial charge in [-0.1, -0.05) is 30.3 Å². The van der Waals surface area contributed by atoms with Crippen LogP contribution in [0.5, 0.6) is 0 Å². The van der Waals surface area contributed by atoms with Crippen LogP contribution in [-0.2, 0) is 17.2 Å². The second-order valence-corrected chi connectivity index (χ2v) is 7.58. The second-order valence-electron chi connectivity index (χ2n) is 7.58. The first-order chi connectivity index (χ1) is 17.4. The van der Waals surface area contributed by atoms with E-state index in [0.29, 0.717) is 0 Å². The maximum absolute atomic E-state index is 14.8. The monoisotopic (exact) mass is 599 g/mol. The lowest BCUT2D eigenvalue weighted by Gasteiger charge is -2.41. The predicted octanol–water partition coefficient (Wildman–Crippen LogP) is 6.33. The Morgan fingerprint density at radius 1 is 0.718 bits per heavy atom. The fourth-order valence-corrected chi connectivity index (χ4v) is 2.83. The van der Waals surface area contributed by atoms with Crippen molar-refractivity contribution in [3.05, 3.63) is 47.3 Å². The minimum atomic E-state index is -8.48. The van der Waals surface area contributed by atoms with E-state index < -0.39 is 72.2 Å². The van der Waals surface area contributed by atoms with Crippen LogP contribution >= 0.6 is 0 Å². The fraction of sp³-hybridized carbons (Fsp3) is 0.526. The van der Waals surface area contributed by atoms with Crippen LogP contribution in [0, 0.1) is 0 Å². The predicted molar refractivity (Wildman–Crippen MR) is 96.2 cm³/mol. The standard InChI is InChI=1S/C19H12F15N3O2/c1-2-39-12(38)10-11(36-37(35-10)8-9-6-4-3-5-7-9)13(20,21)14(22,23)15(24,25)16(26,27)17(28,29)18(30,31)19(32,33)34/h3-7H,2,8H2,1H3. The quantitative estimate of drug-likeness (QED) is 0.237. The third-order valence-corrected chi connectivity index (χ3v) is 4.92. The molecule has 0 aliphatic carbocycles. The van der Waals surface area contributed by atoms with Gasteiger partial charge >= 0.3 is 47.7 Å². The highest BCUT2D eigenvalue weighted by molar-refractivity contribution is 5.88. The van der Waals surface area contributed by atoms with Crippen molar-refractivity contribution >= 4 is 5.97 Å². The van der Waals surface area contributed by atoms with E-state index in [9.17, 15) is 70.7 Å². The van der Waals surface area contributed by atoms with Crippen molar-refractivity contribution in [1.29, 1.82) is 0 Å². The molecule has 0 aliphatic rings. The second kappa shape index (κ2) is 9.76. The van der Waals surface area contributed by atoms with E-state index in [1.54, 1.807) is 0 Å².